The van der Waals surface area contributed by atoms with E-state index < -0.39 is 5.97 Å². The Balaban J connectivity index is 3.41. The first-order chi connectivity index (χ1) is 5.16. The lowest BCUT2D eigenvalue weighted by Gasteiger charge is -1.95. The highest BCUT2D eigenvalue weighted by atomic mass is 79.9. The Labute approximate surface area is 72.4 Å². The van der Waals surface area contributed by atoms with Crippen LogP contribution in [0.1, 0.15) is 0 Å². The van der Waals surface area contributed by atoms with E-state index in [0.717, 1.165) is 6.08 Å². The van der Waals surface area contributed by atoms with Crippen LogP contribution in [0, 0.1) is 0 Å². The second-order valence-corrected chi connectivity index (χ2v) is 2.24. The van der Waals surface area contributed by atoms with Crippen molar-refractivity contribution in [2.24, 2.45) is 0 Å². The summed E-state index contributed by atoms with van der Waals surface area (Å²) in [6.07, 6.45) is 2.34. The van der Waals surface area contributed by atoms with Crippen LogP contribution in [0.2, 0.25) is 0 Å². The van der Waals surface area contributed by atoms with Crippen molar-refractivity contribution in [1.29, 1.82) is 0 Å². The van der Waals surface area contributed by atoms with Crippen LogP contribution in [0.15, 0.2) is 12.2 Å². The predicted octanol–water partition coefficient (Wildman–Crippen LogP) is 0.138. The number of carbonyl (C=O) groups is 2. The van der Waals surface area contributed by atoms with E-state index in [-0.39, 0.29) is 17.8 Å². The maximum atomic E-state index is 10.5. The highest BCUT2D eigenvalue weighted by Gasteiger charge is 1.92. The van der Waals surface area contributed by atoms with Crippen molar-refractivity contribution < 1.29 is 14.7 Å². The summed E-state index contributed by atoms with van der Waals surface area (Å²) in [4.78, 5) is 20.4. The minimum absolute atomic E-state index is 0.167. The van der Waals surface area contributed by atoms with Crippen LogP contribution in [0.25, 0.3) is 0 Å². The molecule has 0 aliphatic carbocycles. The number of hydrogen-bond donors (Lipinski definition) is 2. The van der Waals surface area contributed by atoms with Crippen LogP contribution in [0.4, 0.5) is 0 Å². The van der Waals surface area contributed by atoms with E-state index in [2.05, 4.69) is 21.2 Å². The molecule has 11 heavy (non-hydrogen) atoms. The molecule has 0 rings (SSSR count). The van der Waals surface area contributed by atoms with Crippen molar-refractivity contribution in [2.75, 3.05) is 11.9 Å². The molecule has 0 atom stereocenters. The molecule has 0 bridgehead atoms. The topological polar surface area (TPSA) is 66.4 Å². The summed E-state index contributed by atoms with van der Waals surface area (Å²) < 4.78 is 0. The fourth-order valence-corrected chi connectivity index (χ4v) is 0.578. The monoisotopic (exact) mass is 221 g/mol. The first kappa shape index (κ1) is 10.2. The Kier molecular flexibility index (Phi) is 5.46. The molecule has 2 N–H and O–H groups in total. The summed E-state index contributed by atoms with van der Waals surface area (Å²) in [5.41, 5.74) is 0. The third kappa shape index (κ3) is 7.05. The molecular formula is C6H8BrNO3. The zero-order chi connectivity index (χ0) is 8.69. The van der Waals surface area contributed by atoms with E-state index in [4.69, 9.17) is 5.11 Å². The molecular weight excluding hydrogens is 214 g/mol. The van der Waals surface area contributed by atoms with Gasteiger partial charge in [-0.3, -0.25) is 4.79 Å². The number of alkyl halides is 1. The lowest BCUT2D eigenvalue weighted by Crippen LogP contribution is -2.24. The molecule has 1 amide bonds. The zero-order valence-corrected chi connectivity index (χ0v) is 7.30. The van der Waals surface area contributed by atoms with Gasteiger partial charge in [-0.15, -0.1) is 0 Å². The van der Waals surface area contributed by atoms with Gasteiger partial charge in [0.15, 0.2) is 0 Å². The number of nitrogens with one attached hydrogen (secondary N) is 1. The molecule has 62 valence electrons. The van der Waals surface area contributed by atoms with Crippen LogP contribution in [-0.4, -0.2) is 28.9 Å². The number of rotatable bonds is 4. The number of carboxylic acids is 1. The van der Waals surface area contributed by atoms with Crippen LogP contribution in [0.3, 0.4) is 0 Å². The van der Waals surface area contributed by atoms with Crippen molar-refractivity contribution in [2.45, 2.75) is 0 Å². The second kappa shape index (κ2) is 5.91. The third-order valence-corrected chi connectivity index (χ3v) is 1.31. The Hall–Kier alpha value is -0.840. The van der Waals surface area contributed by atoms with Gasteiger partial charge in [-0.2, -0.15) is 0 Å². The summed E-state index contributed by atoms with van der Waals surface area (Å²) in [5, 5.41) is 10.8. The van der Waals surface area contributed by atoms with E-state index in [0.29, 0.717) is 0 Å². The van der Waals surface area contributed by atoms with Gasteiger partial charge in [-0.25, -0.2) is 4.79 Å². The molecule has 0 saturated carbocycles. The number of hydrogen-bond acceptors (Lipinski definition) is 2. The van der Waals surface area contributed by atoms with Crippen LogP contribution in [0.5, 0.6) is 0 Å². The minimum Gasteiger partial charge on any atom is -0.478 e. The van der Waals surface area contributed by atoms with Crippen molar-refractivity contribution >= 4 is 27.8 Å². The van der Waals surface area contributed by atoms with Gasteiger partial charge in [0.1, 0.15) is 0 Å². The normalized spacial score (nSPS) is 9.91. The van der Waals surface area contributed by atoms with Gasteiger partial charge < -0.3 is 10.4 Å². The number of aliphatic carboxylic acids is 1. The van der Waals surface area contributed by atoms with Crippen LogP contribution >= 0.6 is 15.9 Å². The Morgan fingerprint density at radius 2 is 2.18 bits per heavy atom. The fourth-order valence-electron chi connectivity index (χ4n) is 0.380. The van der Waals surface area contributed by atoms with Gasteiger partial charge in [0, 0.05) is 12.6 Å². The largest absolute Gasteiger partial charge is 0.478 e. The van der Waals surface area contributed by atoms with Gasteiger partial charge >= 0.3 is 5.97 Å². The average Bonchev–Trinajstić information content (AvgIpc) is 1.97. The molecule has 0 aromatic carbocycles. The average molecular weight is 222 g/mol. The lowest BCUT2D eigenvalue weighted by molar-refractivity contribution is -0.131. The number of carbonyl (C=O) groups excluding carboxylic acids is 1. The Morgan fingerprint density at radius 3 is 2.64 bits per heavy atom. The molecule has 0 aromatic rings. The highest BCUT2D eigenvalue weighted by molar-refractivity contribution is 9.09. The van der Waals surface area contributed by atoms with Crippen molar-refractivity contribution in [3.05, 3.63) is 12.2 Å². The van der Waals surface area contributed by atoms with Crippen LogP contribution < -0.4 is 5.32 Å². The maximum absolute atomic E-state index is 10.5. The lowest BCUT2D eigenvalue weighted by atomic mass is 10.5. The summed E-state index contributed by atoms with van der Waals surface area (Å²) in [6.45, 7) is 0.247. The van der Waals surface area contributed by atoms with E-state index >= 15 is 0 Å². The minimum atomic E-state index is -1.02. The second-order valence-electron chi connectivity index (χ2n) is 1.68. The van der Waals surface area contributed by atoms with E-state index in [9.17, 15) is 9.59 Å². The van der Waals surface area contributed by atoms with Gasteiger partial charge in [0.25, 0.3) is 0 Å². The van der Waals surface area contributed by atoms with Crippen molar-refractivity contribution in [3.63, 3.8) is 0 Å². The van der Waals surface area contributed by atoms with E-state index in [1.54, 1.807) is 0 Å². The number of halogens is 1. The quantitative estimate of drug-likeness (QED) is 0.525. The zero-order valence-electron chi connectivity index (χ0n) is 5.71. The smallest absolute Gasteiger partial charge is 0.328 e. The summed E-state index contributed by atoms with van der Waals surface area (Å²) >= 11 is 2.94. The molecule has 0 heterocycles. The van der Waals surface area contributed by atoms with Gasteiger partial charge in [-0.1, -0.05) is 22.0 Å². The molecule has 0 aliphatic heterocycles. The number of amides is 1. The van der Waals surface area contributed by atoms with Crippen molar-refractivity contribution in [1.82, 2.24) is 5.32 Å². The first-order valence-corrected chi connectivity index (χ1v) is 4.01. The number of carboxylic acid groups (broad SMARTS) is 1. The van der Waals surface area contributed by atoms with E-state index in [1.807, 2.05) is 0 Å². The SMILES string of the molecule is O=C(O)/C=C/CNC(=O)CBr. The Bertz CT molecular complexity index is 179. The molecule has 0 fully saturated rings. The molecule has 0 unspecified atom stereocenters. The standard InChI is InChI=1S/C6H8BrNO3/c7-4-5(9)8-3-1-2-6(10)11/h1-2H,3-4H2,(H,8,9)(H,10,11)/b2-1+. The molecule has 0 radical (unpaired) electrons. The molecule has 0 spiro atoms. The molecule has 0 saturated heterocycles. The van der Waals surface area contributed by atoms with E-state index in [1.165, 1.54) is 6.08 Å². The Morgan fingerprint density at radius 1 is 1.55 bits per heavy atom. The highest BCUT2D eigenvalue weighted by Crippen LogP contribution is 1.78. The molecule has 0 aliphatic rings. The molecule has 4 nitrogen and oxygen atoms in total. The third-order valence-electron chi connectivity index (χ3n) is 0.799. The summed E-state index contributed by atoms with van der Waals surface area (Å²) in [5.74, 6) is -1.18. The van der Waals surface area contributed by atoms with Gasteiger partial charge in [0.2, 0.25) is 5.91 Å². The summed E-state index contributed by atoms with van der Waals surface area (Å²) in [7, 11) is 0. The fraction of sp³-hybridized carbons (Fsp3) is 0.333. The van der Waals surface area contributed by atoms with Gasteiger partial charge in [-0.05, 0) is 0 Å². The molecule has 5 heteroatoms. The predicted molar refractivity (Wildman–Crippen MR) is 43.6 cm³/mol. The molecule has 0 aromatic heterocycles. The maximum Gasteiger partial charge on any atom is 0.328 e. The summed E-state index contributed by atoms with van der Waals surface area (Å²) in [6, 6.07) is 0. The van der Waals surface area contributed by atoms with Crippen LogP contribution in [-0.2, 0) is 9.59 Å². The van der Waals surface area contributed by atoms with Crippen molar-refractivity contribution in [3.8, 4) is 0 Å². The van der Waals surface area contributed by atoms with Gasteiger partial charge in [0.05, 0.1) is 5.33 Å². The first-order valence-electron chi connectivity index (χ1n) is 2.89.